The largest absolute Gasteiger partial charge is 0.465 e. The van der Waals surface area contributed by atoms with E-state index in [0.717, 1.165) is 24.2 Å². The molecule has 0 aromatic heterocycles. The van der Waals surface area contributed by atoms with Crippen molar-refractivity contribution in [3.63, 3.8) is 0 Å². The predicted octanol–water partition coefficient (Wildman–Crippen LogP) is 2.47. The molecule has 0 aliphatic heterocycles. The van der Waals surface area contributed by atoms with E-state index < -0.39 is 6.09 Å². The molecule has 3 unspecified atom stereocenters. The molecule has 3 heteroatoms. The Balaban J connectivity index is 1.73. The number of fused-ring (bicyclic) bond motifs is 1. The Kier molecular flexibility index (Phi) is 2.66. The molecular weight excluding hydrogens is 178 g/mol. The van der Waals surface area contributed by atoms with Gasteiger partial charge in [-0.1, -0.05) is 12.8 Å². The van der Waals surface area contributed by atoms with Gasteiger partial charge in [0.2, 0.25) is 0 Å². The number of carbonyl (C=O) groups is 1. The van der Waals surface area contributed by atoms with Crippen LogP contribution < -0.4 is 5.32 Å². The fourth-order valence-corrected chi connectivity index (χ4v) is 3.34. The van der Waals surface area contributed by atoms with Crippen LogP contribution in [-0.4, -0.2) is 17.2 Å². The van der Waals surface area contributed by atoms with E-state index in [1.165, 1.54) is 25.7 Å². The van der Waals surface area contributed by atoms with Gasteiger partial charge < -0.3 is 10.4 Å². The summed E-state index contributed by atoms with van der Waals surface area (Å²) >= 11 is 0. The average molecular weight is 197 g/mol. The van der Waals surface area contributed by atoms with Crippen molar-refractivity contribution in [3.05, 3.63) is 0 Å². The highest BCUT2D eigenvalue weighted by Gasteiger charge is 2.43. The van der Waals surface area contributed by atoms with Crippen molar-refractivity contribution in [1.29, 1.82) is 0 Å². The third-order valence-corrected chi connectivity index (χ3v) is 3.96. The van der Waals surface area contributed by atoms with Crippen molar-refractivity contribution in [2.45, 2.75) is 45.1 Å². The van der Waals surface area contributed by atoms with Gasteiger partial charge in [0.1, 0.15) is 0 Å². The number of amides is 1. The van der Waals surface area contributed by atoms with Crippen LogP contribution in [0.3, 0.4) is 0 Å². The van der Waals surface area contributed by atoms with Crippen LogP contribution in [0.25, 0.3) is 0 Å². The van der Waals surface area contributed by atoms with Gasteiger partial charge in [-0.2, -0.15) is 0 Å². The number of hydrogen-bond acceptors (Lipinski definition) is 1. The van der Waals surface area contributed by atoms with Gasteiger partial charge in [0.15, 0.2) is 0 Å². The average Bonchev–Trinajstić information content (AvgIpc) is 2.41. The van der Waals surface area contributed by atoms with Crippen molar-refractivity contribution >= 4 is 6.09 Å². The Labute approximate surface area is 84.9 Å². The molecule has 0 saturated heterocycles. The van der Waals surface area contributed by atoms with E-state index in [1.54, 1.807) is 0 Å². The molecule has 0 heterocycles. The third kappa shape index (κ3) is 1.86. The third-order valence-electron chi connectivity index (χ3n) is 3.96. The lowest BCUT2D eigenvalue weighted by atomic mass is 9.64. The summed E-state index contributed by atoms with van der Waals surface area (Å²) in [5.74, 6) is 2.70. The van der Waals surface area contributed by atoms with Crippen LogP contribution in [0.1, 0.15) is 39.0 Å². The van der Waals surface area contributed by atoms with Crippen LogP contribution in [-0.2, 0) is 0 Å². The highest BCUT2D eigenvalue weighted by Crippen LogP contribution is 2.52. The van der Waals surface area contributed by atoms with Crippen molar-refractivity contribution in [2.75, 3.05) is 0 Å². The maximum atomic E-state index is 10.4. The Morgan fingerprint density at radius 3 is 3.00 bits per heavy atom. The molecule has 0 bridgehead atoms. The topological polar surface area (TPSA) is 49.3 Å². The highest BCUT2D eigenvalue weighted by atomic mass is 16.4. The van der Waals surface area contributed by atoms with E-state index in [0.29, 0.717) is 0 Å². The molecule has 2 aliphatic rings. The van der Waals surface area contributed by atoms with Crippen LogP contribution >= 0.6 is 0 Å². The lowest BCUT2D eigenvalue weighted by Gasteiger charge is -2.42. The number of carboxylic acid groups (broad SMARTS) is 1. The lowest BCUT2D eigenvalue weighted by Crippen LogP contribution is -2.39. The van der Waals surface area contributed by atoms with E-state index >= 15 is 0 Å². The van der Waals surface area contributed by atoms with Crippen molar-refractivity contribution in [1.82, 2.24) is 5.32 Å². The van der Waals surface area contributed by atoms with Crippen molar-refractivity contribution in [3.8, 4) is 0 Å². The zero-order chi connectivity index (χ0) is 10.1. The van der Waals surface area contributed by atoms with Gasteiger partial charge in [0, 0.05) is 6.04 Å². The molecule has 80 valence electrons. The van der Waals surface area contributed by atoms with Gasteiger partial charge in [-0.3, -0.25) is 0 Å². The van der Waals surface area contributed by atoms with Crippen LogP contribution in [0.5, 0.6) is 0 Å². The van der Waals surface area contributed by atoms with Crippen LogP contribution in [0.4, 0.5) is 4.79 Å². The molecule has 0 radical (unpaired) electrons. The SMILES string of the molecule is C[C@H](CC1CC2CCCC21)NC(=O)O. The normalized spacial score (nSPS) is 37.1. The maximum absolute atomic E-state index is 10.4. The van der Waals surface area contributed by atoms with Crippen molar-refractivity contribution in [2.24, 2.45) is 17.8 Å². The molecule has 2 fully saturated rings. The monoisotopic (exact) mass is 197 g/mol. The first-order valence-electron chi connectivity index (χ1n) is 5.66. The van der Waals surface area contributed by atoms with Gasteiger partial charge >= 0.3 is 6.09 Å². The second kappa shape index (κ2) is 3.79. The Bertz CT molecular complexity index is 229. The quantitative estimate of drug-likeness (QED) is 0.730. The second-order valence-corrected chi connectivity index (χ2v) is 4.94. The van der Waals surface area contributed by atoms with Gasteiger partial charge in [0.25, 0.3) is 0 Å². The fourth-order valence-electron chi connectivity index (χ4n) is 3.34. The Hall–Kier alpha value is -0.730. The number of nitrogens with one attached hydrogen (secondary N) is 1. The van der Waals surface area contributed by atoms with E-state index in [2.05, 4.69) is 5.32 Å². The summed E-state index contributed by atoms with van der Waals surface area (Å²) in [6.07, 6.45) is 5.69. The first-order chi connectivity index (χ1) is 6.66. The molecular formula is C11H19NO2. The zero-order valence-corrected chi connectivity index (χ0v) is 8.70. The molecule has 14 heavy (non-hydrogen) atoms. The van der Waals surface area contributed by atoms with Gasteiger partial charge in [-0.15, -0.1) is 0 Å². The Morgan fingerprint density at radius 2 is 2.36 bits per heavy atom. The first-order valence-corrected chi connectivity index (χ1v) is 5.66. The van der Waals surface area contributed by atoms with Crippen LogP contribution in [0.2, 0.25) is 0 Å². The minimum absolute atomic E-state index is 0.124. The Morgan fingerprint density at radius 1 is 1.57 bits per heavy atom. The van der Waals surface area contributed by atoms with Gasteiger partial charge in [-0.05, 0) is 43.9 Å². The summed E-state index contributed by atoms with van der Waals surface area (Å²) < 4.78 is 0. The maximum Gasteiger partial charge on any atom is 0.404 e. The van der Waals surface area contributed by atoms with E-state index in [4.69, 9.17) is 5.11 Å². The smallest absolute Gasteiger partial charge is 0.404 e. The summed E-state index contributed by atoms with van der Waals surface area (Å²) in [6, 6.07) is 0.124. The zero-order valence-electron chi connectivity index (χ0n) is 8.70. The molecule has 2 saturated carbocycles. The summed E-state index contributed by atoms with van der Waals surface area (Å²) in [4.78, 5) is 10.4. The molecule has 2 rings (SSSR count). The number of hydrogen-bond donors (Lipinski definition) is 2. The second-order valence-electron chi connectivity index (χ2n) is 4.94. The summed E-state index contributed by atoms with van der Waals surface area (Å²) in [6.45, 7) is 1.97. The molecule has 1 amide bonds. The summed E-state index contributed by atoms with van der Waals surface area (Å²) in [5.41, 5.74) is 0. The molecule has 4 atom stereocenters. The highest BCUT2D eigenvalue weighted by molar-refractivity contribution is 5.64. The van der Waals surface area contributed by atoms with Crippen LogP contribution in [0.15, 0.2) is 0 Å². The molecule has 2 N–H and O–H groups in total. The van der Waals surface area contributed by atoms with Crippen molar-refractivity contribution < 1.29 is 9.90 Å². The minimum Gasteiger partial charge on any atom is -0.465 e. The molecule has 0 aromatic carbocycles. The number of rotatable bonds is 3. The minimum atomic E-state index is -0.889. The summed E-state index contributed by atoms with van der Waals surface area (Å²) in [5, 5.41) is 11.1. The molecule has 3 nitrogen and oxygen atoms in total. The lowest BCUT2D eigenvalue weighted by molar-refractivity contribution is 0.0856. The molecule has 2 aliphatic carbocycles. The fraction of sp³-hybridized carbons (Fsp3) is 0.909. The predicted molar refractivity (Wildman–Crippen MR) is 54.2 cm³/mol. The standard InChI is InChI=1S/C11H19NO2/c1-7(12-11(13)14)5-9-6-8-3-2-4-10(8)9/h7-10,12H,2-6H2,1H3,(H,13,14)/t7-,8?,9?,10?/m1/s1. The van der Waals surface area contributed by atoms with E-state index in [1.807, 2.05) is 6.92 Å². The van der Waals surface area contributed by atoms with Gasteiger partial charge in [0.05, 0.1) is 0 Å². The summed E-state index contributed by atoms with van der Waals surface area (Å²) in [7, 11) is 0. The van der Waals surface area contributed by atoms with E-state index in [9.17, 15) is 4.79 Å². The van der Waals surface area contributed by atoms with Gasteiger partial charge in [-0.25, -0.2) is 4.79 Å². The molecule has 0 spiro atoms. The first kappa shape index (κ1) is 9.81. The molecule has 0 aromatic rings. The van der Waals surface area contributed by atoms with E-state index in [-0.39, 0.29) is 6.04 Å². The van der Waals surface area contributed by atoms with Crippen LogP contribution in [0, 0.1) is 17.8 Å².